The zero-order valence-corrected chi connectivity index (χ0v) is 20.3. The van der Waals surface area contributed by atoms with Crippen molar-refractivity contribution >= 4 is 17.9 Å². The smallest absolute Gasteiger partial charge is 0.407 e. The molecule has 1 fully saturated rings. The maximum atomic E-state index is 12.0. The number of allylic oxidation sites excluding steroid dienone is 1. The number of nitrogens with one attached hydrogen (secondary N) is 3. The predicted molar refractivity (Wildman–Crippen MR) is 120 cm³/mol. The van der Waals surface area contributed by atoms with Crippen LogP contribution >= 0.6 is 0 Å². The van der Waals surface area contributed by atoms with Gasteiger partial charge < -0.3 is 20.1 Å². The van der Waals surface area contributed by atoms with Gasteiger partial charge in [-0.1, -0.05) is 27.7 Å². The zero-order chi connectivity index (χ0) is 23.7. The number of hydrogen-bond acceptors (Lipinski definition) is 6. The number of rotatable bonds is 10. The molecule has 1 aliphatic heterocycles. The molecule has 0 spiro atoms. The molecule has 0 aromatic rings. The topological polar surface area (TPSA) is 106 Å². The fourth-order valence-corrected chi connectivity index (χ4v) is 3.26. The summed E-state index contributed by atoms with van der Waals surface area (Å²) >= 11 is 0. The van der Waals surface area contributed by atoms with Crippen molar-refractivity contribution in [1.29, 1.82) is 0 Å². The molecule has 0 aromatic carbocycles. The first-order chi connectivity index (χ1) is 14.3. The van der Waals surface area contributed by atoms with E-state index in [0.717, 1.165) is 30.6 Å². The van der Waals surface area contributed by atoms with E-state index < -0.39 is 11.7 Å². The quantitative estimate of drug-likeness (QED) is 0.274. The summed E-state index contributed by atoms with van der Waals surface area (Å²) in [6.07, 6.45) is 2.84. The predicted octanol–water partition coefficient (Wildman–Crippen LogP) is 3.41. The summed E-state index contributed by atoms with van der Waals surface area (Å²) in [5, 5.41) is 8.41. The van der Waals surface area contributed by atoms with Crippen LogP contribution < -0.4 is 16.0 Å². The highest BCUT2D eigenvalue weighted by Crippen LogP contribution is 2.30. The Morgan fingerprint density at radius 2 is 1.81 bits per heavy atom. The number of ether oxygens (including phenoxy) is 2. The molecule has 0 radical (unpaired) electrons. The molecule has 1 atom stereocenters. The number of amides is 3. The van der Waals surface area contributed by atoms with Crippen molar-refractivity contribution in [2.45, 2.75) is 92.2 Å². The van der Waals surface area contributed by atoms with Gasteiger partial charge in [0.1, 0.15) is 11.4 Å². The molecule has 0 aliphatic carbocycles. The number of piperidine rings is 1. The van der Waals surface area contributed by atoms with Crippen molar-refractivity contribution in [3.63, 3.8) is 0 Å². The summed E-state index contributed by atoms with van der Waals surface area (Å²) in [6, 6.07) is -0.362. The Bertz CT molecular complexity index is 659. The van der Waals surface area contributed by atoms with E-state index in [2.05, 4.69) is 43.6 Å². The van der Waals surface area contributed by atoms with Gasteiger partial charge in [0.25, 0.3) is 0 Å². The number of alkyl carbamates (subject to hydrolysis) is 1. The minimum atomic E-state index is -0.502. The monoisotopic (exact) mass is 439 g/mol. The van der Waals surface area contributed by atoms with Gasteiger partial charge in [0, 0.05) is 24.9 Å². The summed E-state index contributed by atoms with van der Waals surface area (Å²) in [4.78, 5) is 35.0. The Hall–Kier alpha value is -2.09. The van der Waals surface area contributed by atoms with Crippen LogP contribution in [0.3, 0.4) is 0 Å². The lowest BCUT2D eigenvalue weighted by atomic mass is 9.89. The molecule has 1 heterocycles. The summed E-state index contributed by atoms with van der Waals surface area (Å²) in [5.41, 5.74) is 0.439. The summed E-state index contributed by atoms with van der Waals surface area (Å²) in [7, 11) is 0. The van der Waals surface area contributed by atoms with E-state index in [-0.39, 0.29) is 23.3 Å². The third-order valence-corrected chi connectivity index (χ3v) is 4.72. The highest BCUT2D eigenvalue weighted by Gasteiger charge is 2.28. The lowest BCUT2D eigenvalue weighted by Crippen LogP contribution is -2.51. The van der Waals surface area contributed by atoms with E-state index in [1.807, 2.05) is 20.8 Å². The lowest BCUT2D eigenvalue weighted by molar-refractivity contribution is -0.134. The average Bonchev–Trinajstić information content (AvgIpc) is 2.61. The van der Waals surface area contributed by atoms with Crippen LogP contribution in [-0.2, 0) is 19.1 Å². The number of carbonyl (C=O) groups is 3. The van der Waals surface area contributed by atoms with Crippen molar-refractivity contribution in [1.82, 2.24) is 16.0 Å². The minimum Gasteiger partial charge on any atom is -0.497 e. The molecule has 0 saturated carbocycles. The standard InChI is InChI=1S/C23H41N3O5/c1-8-16(15-25-17-11-12-18(27)26-20(17)28)19(22(2,3)4)30-14-10-9-13-24-21(29)31-23(5,6)7/h17,25H,8-15H2,1-7H3,(H,24,29)(H,26,27,28)/b19-16-/t17-/m1/s1. The highest BCUT2D eigenvalue weighted by atomic mass is 16.6. The molecule has 1 rings (SSSR count). The molecule has 178 valence electrons. The molecule has 3 N–H and O–H groups in total. The molecular formula is C23H41N3O5. The van der Waals surface area contributed by atoms with Crippen molar-refractivity contribution < 1.29 is 23.9 Å². The van der Waals surface area contributed by atoms with Crippen LogP contribution in [0.5, 0.6) is 0 Å². The number of hydrogen-bond donors (Lipinski definition) is 3. The van der Waals surface area contributed by atoms with Crippen molar-refractivity contribution in [3.05, 3.63) is 11.3 Å². The van der Waals surface area contributed by atoms with Crippen LogP contribution in [0.15, 0.2) is 11.3 Å². The fourth-order valence-electron chi connectivity index (χ4n) is 3.26. The van der Waals surface area contributed by atoms with Gasteiger partial charge in [-0.3, -0.25) is 14.9 Å². The van der Waals surface area contributed by atoms with Crippen LogP contribution in [0.2, 0.25) is 0 Å². The summed E-state index contributed by atoms with van der Waals surface area (Å²) < 4.78 is 11.4. The Balaban J connectivity index is 2.54. The molecule has 31 heavy (non-hydrogen) atoms. The fraction of sp³-hybridized carbons (Fsp3) is 0.783. The number of imide groups is 1. The first-order valence-electron chi connectivity index (χ1n) is 11.2. The molecular weight excluding hydrogens is 398 g/mol. The van der Waals surface area contributed by atoms with Crippen molar-refractivity contribution in [2.75, 3.05) is 19.7 Å². The van der Waals surface area contributed by atoms with Gasteiger partial charge in [0.2, 0.25) is 11.8 Å². The van der Waals surface area contributed by atoms with E-state index in [4.69, 9.17) is 9.47 Å². The van der Waals surface area contributed by atoms with Crippen LogP contribution in [0.4, 0.5) is 4.79 Å². The van der Waals surface area contributed by atoms with Gasteiger partial charge in [-0.15, -0.1) is 0 Å². The molecule has 1 aliphatic rings. The third-order valence-electron chi connectivity index (χ3n) is 4.72. The second-order valence-corrected chi connectivity index (χ2v) is 9.91. The first kappa shape index (κ1) is 26.9. The van der Waals surface area contributed by atoms with Gasteiger partial charge in [-0.2, -0.15) is 0 Å². The van der Waals surface area contributed by atoms with E-state index in [0.29, 0.717) is 32.5 Å². The van der Waals surface area contributed by atoms with Gasteiger partial charge in [0.15, 0.2) is 0 Å². The SMILES string of the molecule is CC/C(CN[C@@H]1CCC(=O)NC1=O)=C(/OCCCCNC(=O)OC(C)(C)C)C(C)(C)C. The second kappa shape index (κ2) is 12.1. The zero-order valence-electron chi connectivity index (χ0n) is 20.3. The van der Waals surface area contributed by atoms with Crippen LogP contribution in [0, 0.1) is 5.41 Å². The average molecular weight is 440 g/mol. The highest BCUT2D eigenvalue weighted by molar-refractivity contribution is 6.00. The minimum absolute atomic E-state index is 0.174. The maximum absolute atomic E-state index is 12.0. The lowest BCUT2D eigenvalue weighted by Gasteiger charge is -2.28. The molecule has 8 heteroatoms. The maximum Gasteiger partial charge on any atom is 0.407 e. The molecule has 3 amide bonds. The molecule has 0 bridgehead atoms. The molecule has 1 saturated heterocycles. The Kier molecular flexibility index (Phi) is 10.5. The van der Waals surface area contributed by atoms with E-state index in [1.54, 1.807) is 0 Å². The van der Waals surface area contributed by atoms with Gasteiger partial charge in [0.05, 0.1) is 12.6 Å². The van der Waals surface area contributed by atoms with E-state index >= 15 is 0 Å². The van der Waals surface area contributed by atoms with Gasteiger partial charge >= 0.3 is 6.09 Å². The summed E-state index contributed by atoms with van der Waals surface area (Å²) in [5.74, 6) is 0.450. The van der Waals surface area contributed by atoms with E-state index in [9.17, 15) is 14.4 Å². The molecule has 0 aromatic heterocycles. The third kappa shape index (κ3) is 10.7. The van der Waals surface area contributed by atoms with Crippen molar-refractivity contribution in [2.24, 2.45) is 5.41 Å². The second-order valence-electron chi connectivity index (χ2n) is 9.91. The van der Waals surface area contributed by atoms with Gasteiger partial charge in [-0.05, 0) is 52.0 Å². The van der Waals surface area contributed by atoms with Crippen LogP contribution in [0.25, 0.3) is 0 Å². The van der Waals surface area contributed by atoms with Crippen molar-refractivity contribution in [3.8, 4) is 0 Å². The Labute approximate surface area is 186 Å². The first-order valence-corrected chi connectivity index (χ1v) is 11.2. The Morgan fingerprint density at radius 3 is 2.35 bits per heavy atom. The van der Waals surface area contributed by atoms with Gasteiger partial charge in [-0.25, -0.2) is 4.79 Å². The molecule has 0 unspecified atom stereocenters. The largest absolute Gasteiger partial charge is 0.497 e. The Morgan fingerprint density at radius 1 is 1.13 bits per heavy atom. The normalized spacial score (nSPS) is 18.2. The van der Waals surface area contributed by atoms with E-state index in [1.165, 1.54) is 0 Å². The van der Waals surface area contributed by atoms with Crippen LogP contribution in [0.1, 0.15) is 80.6 Å². The number of unbranched alkanes of at least 4 members (excludes halogenated alkanes) is 1. The molecule has 8 nitrogen and oxygen atoms in total. The van der Waals surface area contributed by atoms with Crippen LogP contribution in [-0.4, -0.2) is 49.2 Å². The summed E-state index contributed by atoms with van der Waals surface area (Å²) in [6.45, 7) is 15.5. The number of carbonyl (C=O) groups excluding carboxylic acids is 3.